The number of piperidine rings is 1. The van der Waals surface area contributed by atoms with Gasteiger partial charge in [0.2, 0.25) is 0 Å². The fourth-order valence-electron chi connectivity index (χ4n) is 3.02. The topological polar surface area (TPSA) is 115 Å². The van der Waals surface area contributed by atoms with Gasteiger partial charge in [-0.3, -0.25) is 19.0 Å². The van der Waals surface area contributed by atoms with Gasteiger partial charge < -0.3 is 19.0 Å². The lowest BCUT2D eigenvalue weighted by atomic mass is 9.96. The molecule has 1 saturated heterocycles. The van der Waals surface area contributed by atoms with Crippen LogP contribution in [0.1, 0.15) is 29.0 Å². The second-order valence-corrected chi connectivity index (χ2v) is 6.07. The van der Waals surface area contributed by atoms with Crippen molar-refractivity contribution < 1.29 is 18.7 Å². The number of H-pyrrole nitrogens is 1. The van der Waals surface area contributed by atoms with Gasteiger partial charge in [-0.15, -0.1) is 0 Å². The number of aromatic amines is 1. The Morgan fingerprint density at radius 2 is 2.04 bits per heavy atom. The summed E-state index contributed by atoms with van der Waals surface area (Å²) in [7, 11) is 1.33. The van der Waals surface area contributed by atoms with Crippen LogP contribution >= 0.6 is 0 Å². The van der Waals surface area contributed by atoms with E-state index in [1.165, 1.54) is 18.3 Å². The first-order valence-electron chi connectivity index (χ1n) is 8.23. The van der Waals surface area contributed by atoms with Crippen LogP contribution in [0.2, 0.25) is 0 Å². The minimum absolute atomic E-state index is 0.0628. The number of likely N-dealkylation sites (tertiary alicyclic amines) is 1. The van der Waals surface area contributed by atoms with Crippen molar-refractivity contribution >= 4 is 11.9 Å². The maximum atomic E-state index is 12.7. The predicted molar refractivity (Wildman–Crippen MR) is 89.8 cm³/mol. The van der Waals surface area contributed by atoms with Gasteiger partial charge in [-0.05, 0) is 25.0 Å². The van der Waals surface area contributed by atoms with Crippen molar-refractivity contribution in [2.45, 2.75) is 19.4 Å². The van der Waals surface area contributed by atoms with Crippen molar-refractivity contribution in [3.05, 3.63) is 56.8 Å². The molecule has 2 aromatic rings. The van der Waals surface area contributed by atoms with Crippen LogP contribution in [0.5, 0.6) is 0 Å². The first kappa shape index (κ1) is 17.7. The second-order valence-electron chi connectivity index (χ2n) is 6.07. The molecule has 2 aromatic heterocycles. The zero-order valence-corrected chi connectivity index (χ0v) is 14.3. The fraction of sp³-hybridized carbons (Fsp3) is 0.412. The lowest BCUT2D eigenvalue weighted by molar-refractivity contribution is -0.146. The van der Waals surface area contributed by atoms with Crippen molar-refractivity contribution in [1.29, 1.82) is 0 Å². The average Bonchev–Trinajstić information content (AvgIpc) is 3.17. The summed E-state index contributed by atoms with van der Waals surface area (Å²) in [4.78, 5) is 52.7. The smallest absolute Gasteiger partial charge is 0.328 e. The van der Waals surface area contributed by atoms with Crippen LogP contribution in [0.4, 0.5) is 0 Å². The number of furan rings is 1. The molecule has 1 aliphatic heterocycles. The number of esters is 1. The summed E-state index contributed by atoms with van der Waals surface area (Å²) in [5, 5.41) is 0. The Labute approximate surface area is 148 Å². The van der Waals surface area contributed by atoms with E-state index in [0.29, 0.717) is 31.7 Å². The highest BCUT2D eigenvalue weighted by atomic mass is 16.5. The molecule has 0 saturated carbocycles. The quantitative estimate of drug-likeness (QED) is 0.778. The van der Waals surface area contributed by atoms with Gasteiger partial charge in [0, 0.05) is 19.3 Å². The summed E-state index contributed by atoms with van der Waals surface area (Å²) < 4.78 is 10.8. The fourth-order valence-corrected chi connectivity index (χ4v) is 3.02. The molecule has 9 heteroatoms. The summed E-state index contributed by atoms with van der Waals surface area (Å²) in [6, 6.07) is 3.28. The predicted octanol–water partition coefficient (Wildman–Crippen LogP) is 0.203. The molecule has 0 radical (unpaired) electrons. The van der Waals surface area contributed by atoms with E-state index in [1.807, 2.05) is 0 Å². The SMILES string of the molecule is COC(=O)C1CCN(C(=O)c2c[nH]c(=O)n(Cc3ccco3)c2=O)CC1. The van der Waals surface area contributed by atoms with Gasteiger partial charge in [-0.25, -0.2) is 4.79 Å². The molecule has 3 heterocycles. The van der Waals surface area contributed by atoms with E-state index in [4.69, 9.17) is 9.15 Å². The van der Waals surface area contributed by atoms with E-state index in [1.54, 1.807) is 12.1 Å². The highest BCUT2D eigenvalue weighted by Crippen LogP contribution is 2.19. The Bertz CT molecular complexity index is 903. The summed E-state index contributed by atoms with van der Waals surface area (Å²) in [5.41, 5.74) is -1.41. The highest BCUT2D eigenvalue weighted by Gasteiger charge is 2.29. The van der Waals surface area contributed by atoms with Crippen LogP contribution in [-0.4, -0.2) is 46.5 Å². The van der Waals surface area contributed by atoms with E-state index in [9.17, 15) is 19.2 Å². The Hall–Kier alpha value is -3.10. The number of aromatic nitrogens is 2. The Morgan fingerprint density at radius 3 is 2.65 bits per heavy atom. The van der Waals surface area contributed by atoms with E-state index >= 15 is 0 Å². The molecule has 9 nitrogen and oxygen atoms in total. The van der Waals surface area contributed by atoms with Crippen LogP contribution in [0.25, 0.3) is 0 Å². The summed E-state index contributed by atoms with van der Waals surface area (Å²) in [6.07, 6.45) is 3.53. The molecular weight excluding hydrogens is 342 g/mol. The molecule has 1 fully saturated rings. The molecule has 1 amide bonds. The van der Waals surface area contributed by atoms with Gasteiger partial charge in [0.15, 0.2) is 0 Å². The first-order chi connectivity index (χ1) is 12.5. The molecule has 138 valence electrons. The third-order valence-corrected chi connectivity index (χ3v) is 4.50. The standard InChI is InChI=1S/C17H19N3O6/c1-25-16(23)11-4-6-19(7-5-11)14(21)13-9-18-17(24)20(15(13)22)10-12-3-2-8-26-12/h2-3,8-9,11H,4-7,10H2,1H3,(H,18,24). The number of methoxy groups -OCH3 is 1. The monoisotopic (exact) mass is 361 g/mol. The molecule has 26 heavy (non-hydrogen) atoms. The maximum Gasteiger partial charge on any atom is 0.328 e. The number of nitrogens with zero attached hydrogens (tertiary/aromatic N) is 2. The van der Waals surface area contributed by atoms with Crippen molar-refractivity contribution in [2.24, 2.45) is 5.92 Å². The van der Waals surface area contributed by atoms with Crippen LogP contribution in [0.15, 0.2) is 38.6 Å². The summed E-state index contributed by atoms with van der Waals surface area (Å²) in [6.45, 7) is 0.622. The molecule has 0 aromatic carbocycles. The average molecular weight is 361 g/mol. The number of carbonyl (C=O) groups is 2. The van der Waals surface area contributed by atoms with Crippen LogP contribution < -0.4 is 11.2 Å². The first-order valence-corrected chi connectivity index (χ1v) is 8.23. The number of carbonyl (C=O) groups excluding carboxylic acids is 2. The number of ether oxygens (including phenoxy) is 1. The van der Waals surface area contributed by atoms with Gasteiger partial charge in [-0.1, -0.05) is 0 Å². The zero-order valence-electron chi connectivity index (χ0n) is 14.3. The van der Waals surface area contributed by atoms with Gasteiger partial charge in [-0.2, -0.15) is 0 Å². The molecule has 0 bridgehead atoms. The minimum Gasteiger partial charge on any atom is -0.469 e. The van der Waals surface area contributed by atoms with Crippen LogP contribution in [0, 0.1) is 5.92 Å². The molecular formula is C17H19N3O6. The van der Waals surface area contributed by atoms with E-state index in [2.05, 4.69) is 4.98 Å². The number of hydrogen-bond donors (Lipinski definition) is 1. The van der Waals surface area contributed by atoms with Gasteiger partial charge >= 0.3 is 11.7 Å². The van der Waals surface area contributed by atoms with Gasteiger partial charge in [0.05, 0.1) is 25.8 Å². The van der Waals surface area contributed by atoms with Crippen molar-refractivity contribution in [2.75, 3.05) is 20.2 Å². The molecule has 0 aliphatic carbocycles. The van der Waals surface area contributed by atoms with E-state index < -0.39 is 17.2 Å². The zero-order chi connectivity index (χ0) is 18.7. The molecule has 0 unspecified atom stereocenters. The van der Waals surface area contributed by atoms with Crippen LogP contribution in [-0.2, 0) is 16.1 Å². The second kappa shape index (κ2) is 7.42. The molecule has 1 N–H and O–H groups in total. The van der Waals surface area contributed by atoms with Crippen molar-refractivity contribution in [3.63, 3.8) is 0 Å². The third kappa shape index (κ3) is 3.46. The number of hydrogen-bond acceptors (Lipinski definition) is 6. The molecule has 1 aliphatic rings. The third-order valence-electron chi connectivity index (χ3n) is 4.50. The number of rotatable bonds is 4. The number of nitrogens with one attached hydrogen (secondary N) is 1. The molecule has 3 rings (SSSR count). The lowest BCUT2D eigenvalue weighted by Crippen LogP contribution is -2.45. The number of amides is 1. The normalized spacial score (nSPS) is 15.0. The van der Waals surface area contributed by atoms with Gasteiger partial charge in [0.1, 0.15) is 11.3 Å². The van der Waals surface area contributed by atoms with Crippen LogP contribution in [0.3, 0.4) is 0 Å². The maximum absolute atomic E-state index is 12.7. The lowest BCUT2D eigenvalue weighted by Gasteiger charge is -2.30. The van der Waals surface area contributed by atoms with Gasteiger partial charge in [0.25, 0.3) is 11.5 Å². The largest absolute Gasteiger partial charge is 0.469 e. The Morgan fingerprint density at radius 1 is 1.31 bits per heavy atom. The summed E-state index contributed by atoms with van der Waals surface area (Å²) >= 11 is 0. The molecule has 0 atom stereocenters. The Balaban J connectivity index is 1.79. The summed E-state index contributed by atoms with van der Waals surface area (Å²) in [5.74, 6) is -0.568. The Kier molecular flexibility index (Phi) is 5.06. The molecule has 0 spiro atoms. The van der Waals surface area contributed by atoms with E-state index in [0.717, 1.165) is 10.8 Å². The minimum atomic E-state index is -0.676. The van der Waals surface area contributed by atoms with Crippen molar-refractivity contribution in [1.82, 2.24) is 14.5 Å². The van der Waals surface area contributed by atoms with E-state index in [-0.39, 0.29) is 24.0 Å². The highest BCUT2D eigenvalue weighted by molar-refractivity contribution is 5.93. The van der Waals surface area contributed by atoms with Crippen molar-refractivity contribution in [3.8, 4) is 0 Å².